The Kier molecular flexibility index (Phi) is 4.74. The average molecular weight is 387 g/mol. The molecule has 4 rings (SSSR count). The monoisotopic (exact) mass is 387 g/mol. The standard InChI is InChI=1S/C21H17N5O3/c1-2-15-17(13-9-5-3-6-10-13)26(14-11-7-4-8-12-14)21(29)16(18(15)27)19(28)20-22-24-25-23-20/h3-12,27H,2H2,1H3,(H,22,23,24,25). The lowest BCUT2D eigenvalue weighted by molar-refractivity contribution is 0.102. The summed E-state index contributed by atoms with van der Waals surface area (Å²) in [5.74, 6) is -1.44. The molecule has 0 saturated carbocycles. The Bertz CT molecular complexity index is 1220. The number of para-hydroxylation sites is 1. The first-order valence-electron chi connectivity index (χ1n) is 9.03. The van der Waals surface area contributed by atoms with Crippen molar-refractivity contribution in [3.05, 3.63) is 88.0 Å². The number of benzene rings is 2. The summed E-state index contributed by atoms with van der Waals surface area (Å²) >= 11 is 0. The van der Waals surface area contributed by atoms with Gasteiger partial charge in [-0.1, -0.05) is 55.5 Å². The van der Waals surface area contributed by atoms with E-state index in [9.17, 15) is 14.7 Å². The van der Waals surface area contributed by atoms with Gasteiger partial charge in [0.2, 0.25) is 11.6 Å². The van der Waals surface area contributed by atoms with Crippen LogP contribution in [-0.4, -0.2) is 36.1 Å². The van der Waals surface area contributed by atoms with Gasteiger partial charge in [-0.25, -0.2) is 0 Å². The van der Waals surface area contributed by atoms with Crippen LogP contribution in [0.3, 0.4) is 0 Å². The van der Waals surface area contributed by atoms with Crippen LogP contribution in [0, 0.1) is 0 Å². The fourth-order valence-corrected chi connectivity index (χ4v) is 3.34. The lowest BCUT2D eigenvalue weighted by Gasteiger charge is -2.20. The van der Waals surface area contributed by atoms with Gasteiger partial charge >= 0.3 is 0 Å². The van der Waals surface area contributed by atoms with Crippen LogP contribution < -0.4 is 5.56 Å². The number of pyridine rings is 1. The van der Waals surface area contributed by atoms with Gasteiger partial charge in [-0.15, -0.1) is 10.2 Å². The SMILES string of the molecule is CCc1c(O)c(C(=O)c2nn[nH]n2)c(=O)n(-c2ccccc2)c1-c1ccccc1. The number of nitrogens with zero attached hydrogens (tertiary/aromatic N) is 4. The van der Waals surface area contributed by atoms with E-state index in [1.807, 2.05) is 43.3 Å². The molecule has 0 saturated heterocycles. The van der Waals surface area contributed by atoms with Crippen LogP contribution in [0.25, 0.3) is 16.9 Å². The normalized spacial score (nSPS) is 10.8. The summed E-state index contributed by atoms with van der Waals surface area (Å²) in [6.07, 6.45) is 0.399. The highest BCUT2D eigenvalue weighted by Crippen LogP contribution is 2.33. The third kappa shape index (κ3) is 3.10. The van der Waals surface area contributed by atoms with Crippen LogP contribution in [0.1, 0.15) is 28.7 Å². The van der Waals surface area contributed by atoms with Gasteiger partial charge < -0.3 is 5.11 Å². The second kappa shape index (κ2) is 7.51. The average Bonchev–Trinajstić information content (AvgIpc) is 3.29. The van der Waals surface area contributed by atoms with E-state index in [4.69, 9.17) is 0 Å². The molecule has 0 spiro atoms. The molecule has 0 aliphatic heterocycles. The third-order valence-corrected chi connectivity index (χ3v) is 4.64. The second-order valence-electron chi connectivity index (χ2n) is 6.31. The van der Waals surface area contributed by atoms with Crippen LogP contribution in [0.15, 0.2) is 65.5 Å². The summed E-state index contributed by atoms with van der Waals surface area (Å²) < 4.78 is 1.45. The van der Waals surface area contributed by atoms with Gasteiger partial charge in [0.05, 0.1) is 5.69 Å². The molecule has 0 bridgehead atoms. The Morgan fingerprint density at radius 2 is 1.72 bits per heavy atom. The van der Waals surface area contributed by atoms with Gasteiger partial charge in [0.25, 0.3) is 5.56 Å². The fraction of sp³-hybridized carbons (Fsp3) is 0.0952. The maximum atomic E-state index is 13.5. The van der Waals surface area contributed by atoms with E-state index >= 15 is 0 Å². The molecule has 144 valence electrons. The van der Waals surface area contributed by atoms with E-state index in [0.717, 1.165) is 5.56 Å². The molecule has 2 N–H and O–H groups in total. The van der Waals surface area contributed by atoms with Gasteiger partial charge in [-0.05, 0) is 29.3 Å². The Morgan fingerprint density at radius 3 is 2.31 bits per heavy atom. The van der Waals surface area contributed by atoms with Crippen molar-refractivity contribution in [2.24, 2.45) is 0 Å². The number of carbonyl (C=O) groups is 1. The molecule has 0 radical (unpaired) electrons. The Hall–Kier alpha value is -4.07. The lowest BCUT2D eigenvalue weighted by Crippen LogP contribution is -2.29. The molecule has 2 heterocycles. The number of ketones is 1. The number of carbonyl (C=O) groups excluding carboxylic acids is 1. The molecule has 8 heteroatoms. The van der Waals surface area contributed by atoms with Crippen LogP contribution in [0.5, 0.6) is 5.75 Å². The van der Waals surface area contributed by atoms with Gasteiger partial charge in [-0.2, -0.15) is 5.21 Å². The van der Waals surface area contributed by atoms with Gasteiger partial charge in [-0.3, -0.25) is 14.2 Å². The molecule has 29 heavy (non-hydrogen) atoms. The zero-order valence-electron chi connectivity index (χ0n) is 15.5. The highest BCUT2D eigenvalue weighted by molar-refractivity contribution is 6.08. The summed E-state index contributed by atoms with van der Waals surface area (Å²) in [4.78, 5) is 26.4. The van der Waals surface area contributed by atoms with E-state index in [-0.39, 0.29) is 17.1 Å². The van der Waals surface area contributed by atoms with Crippen molar-refractivity contribution in [2.75, 3.05) is 0 Å². The molecule has 0 unspecified atom stereocenters. The number of aromatic hydroxyl groups is 1. The first-order valence-corrected chi connectivity index (χ1v) is 9.03. The predicted molar refractivity (Wildman–Crippen MR) is 106 cm³/mol. The van der Waals surface area contributed by atoms with Gasteiger partial charge in [0.1, 0.15) is 11.3 Å². The second-order valence-corrected chi connectivity index (χ2v) is 6.31. The first kappa shape index (κ1) is 18.3. The number of rotatable bonds is 5. The topological polar surface area (TPSA) is 114 Å². The minimum Gasteiger partial charge on any atom is -0.507 e. The maximum Gasteiger partial charge on any atom is 0.270 e. The van der Waals surface area contributed by atoms with E-state index < -0.39 is 11.3 Å². The Labute approximate surface area is 165 Å². The molecule has 0 aliphatic carbocycles. The molecule has 2 aromatic heterocycles. The van der Waals surface area contributed by atoms with Gasteiger partial charge in [0, 0.05) is 11.3 Å². The number of H-pyrrole nitrogens is 1. The number of tetrazole rings is 1. The minimum atomic E-state index is -0.791. The van der Waals surface area contributed by atoms with Crippen molar-refractivity contribution < 1.29 is 9.90 Å². The number of hydrogen-bond donors (Lipinski definition) is 2. The summed E-state index contributed by atoms with van der Waals surface area (Å²) in [7, 11) is 0. The number of aromatic nitrogens is 5. The van der Waals surface area contributed by atoms with Crippen molar-refractivity contribution in [2.45, 2.75) is 13.3 Å². The van der Waals surface area contributed by atoms with Crippen LogP contribution in [0.2, 0.25) is 0 Å². The zero-order valence-corrected chi connectivity index (χ0v) is 15.5. The lowest BCUT2D eigenvalue weighted by atomic mass is 9.97. The molecule has 2 aromatic carbocycles. The first-order chi connectivity index (χ1) is 14.1. The number of nitrogens with one attached hydrogen (secondary N) is 1. The highest BCUT2D eigenvalue weighted by atomic mass is 16.3. The molecule has 0 atom stereocenters. The quantitative estimate of drug-likeness (QED) is 0.509. The predicted octanol–water partition coefficient (Wildman–Crippen LogP) is 2.52. The van der Waals surface area contributed by atoms with Crippen molar-refractivity contribution in [1.29, 1.82) is 0 Å². The fourth-order valence-electron chi connectivity index (χ4n) is 3.34. The molecule has 4 aromatic rings. The van der Waals surface area contributed by atoms with E-state index in [1.54, 1.807) is 24.3 Å². The van der Waals surface area contributed by atoms with Crippen molar-refractivity contribution in [3.63, 3.8) is 0 Å². The smallest absolute Gasteiger partial charge is 0.270 e. The van der Waals surface area contributed by atoms with E-state index in [1.165, 1.54) is 4.57 Å². The van der Waals surface area contributed by atoms with E-state index in [2.05, 4.69) is 20.6 Å². The zero-order chi connectivity index (χ0) is 20.4. The summed E-state index contributed by atoms with van der Waals surface area (Å²) in [6, 6.07) is 18.3. The molecule has 0 fully saturated rings. The van der Waals surface area contributed by atoms with Crippen LogP contribution in [-0.2, 0) is 6.42 Å². The Morgan fingerprint density at radius 1 is 1.07 bits per heavy atom. The summed E-state index contributed by atoms with van der Waals surface area (Å²) in [5, 5.41) is 23.8. The molecule has 0 amide bonds. The van der Waals surface area contributed by atoms with Crippen molar-refractivity contribution in [3.8, 4) is 22.7 Å². The maximum absolute atomic E-state index is 13.5. The van der Waals surface area contributed by atoms with Crippen molar-refractivity contribution >= 4 is 5.78 Å². The summed E-state index contributed by atoms with van der Waals surface area (Å²) in [6.45, 7) is 1.85. The Balaban J connectivity index is 2.12. The molecular formula is C21H17N5O3. The van der Waals surface area contributed by atoms with Gasteiger partial charge in [0.15, 0.2) is 0 Å². The number of hydrogen-bond acceptors (Lipinski definition) is 6. The number of aromatic amines is 1. The van der Waals surface area contributed by atoms with E-state index in [0.29, 0.717) is 23.4 Å². The largest absolute Gasteiger partial charge is 0.507 e. The van der Waals surface area contributed by atoms with Crippen LogP contribution >= 0.6 is 0 Å². The summed E-state index contributed by atoms with van der Waals surface area (Å²) in [5.41, 5.74) is 1.30. The highest BCUT2D eigenvalue weighted by Gasteiger charge is 2.29. The minimum absolute atomic E-state index is 0.286. The van der Waals surface area contributed by atoms with Crippen LogP contribution in [0.4, 0.5) is 0 Å². The molecule has 0 aliphatic rings. The molecular weight excluding hydrogens is 370 g/mol. The third-order valence-electron chi connectivity index (χ3n) is 4.64. The molecule has 8 nitrogen and oxygen atoms in total. The van der Waals surface area contributed by atoms with Crippen molar-refractivity contribution in [1.82, 2.24) is 25.2 Å².